The third-order valence-electron chi connectivity index (χ3n) is 4.73. The van der Waals surface area contributed by atoms with Gasteiger partial charge in [0.25, 0.3) is 5.91 Å². The fourth-order valence-electron chi connectivity index (χ4n) is 3.06. The topological polar surface area (TPSA) is 58.6 Å². The van der Waals surface area contributed by atoms with E-state index in [1.165, 1.54) is 5.56 Å². The Hall–Kier alpha value is -2.82. The standard InChI is InChI=1S/C22H26N2O3/c1-16(2)18-7-11-20(12-8-18)27-15-21(25)23-14-17-5-9-19(10-6-17)24-13-3-4-22(24)26/h5-12,16H,3-4,13-15H2,1-2H3,(H,23,25). The summed E-state index contributed by atoms with van der Waals surface area (Å²) in [6.45, 7) is 5.48. The molecule has 142 valence electrons. The lowest BCUT2D eigenvalue weighted by molar-refractivity contribution is -0.123. The van der Waals surface area contributed by atoms with Crippen LogP contribution in [0.4, 0.5) is 5.69 Å². The smallest absolute Gasteiger partial charge is 0.258 e. The van der Waals surface area contributed by atoms with Crippen molar-refractivity contribution in [3.8, 4) is 5.75 Å². The number of hydrogen-bond acceptors (Lipinski definition) is 3. The Morgan fingerprint density at radius 2 is 1.81 bits per heavy atom. The zero-order chi connectivity index (χ0) is 19.2. The minimum absolute atomic E-state index is 0.0125. The largest absolute Gasteiger partial charge is 0.484 e. The van der Waals surface area contributed by atoms with Crippen molar-refractivity contribution in [1.82, 2.24) is 5.32 Å². The number of amides is 2. The van der Waals surface area contributed by atoms with Crippen LogP contribution in [0.5, 0.6) is 5.75 Å². The van der Waals surface area contributed by atoms with Crippen molar-refractivity contribution in [3.63, 3.8) is 0 Å². The highest BCUT2D eigenvalue weighted by Gasteiger charge is 2.21. The first-order valence-corrected chi connectivity index (χ1v) is 9.41. The van der Waals surface area contributed by atoms with E-state index in [1.54, 1.807) is 4.90 Å². The van der Waals surface area contributed by atoms with Gasteiger partial charge in [-0.3, -0.25) is 9.59 Å². The molecule has 0 spiro atoms. The molecule has 1 fully saturated rings. The first-order valence-electron chi connectivity index (χ1n) is 9.41. The highest BCUT2D eigenvalue weighted by Crippen LogP contribution is 2.21. The Morgan fingerprint density at radius 1 is 1.11 bits per heavy atom. The molecule has 1 aliphatic rings. The summed E-state index contributed by atoms with van der Waals surface area (Å²) >= 11 is 0. The van der Waals surface area contributed by atoms with Crippen LogP contribution in [-0.4, -0.2) is 25.0 Å². The summed E-state index contributed by atoms with van der Waals surface area (Å²) in [5.41, 5.74) is 3.15. The average Bonchev–Trinajstić information content (AvgIpc) is 3.11. The minimum Gasteiger partial charge on any atom is -0.484 e. The Morgan fingerprint density at radius 3 is 2.41 bits per heavy atom. The summed E-state index contributed by atoms with van der Waals surface area (Å²) in [6, 6.07) is 15.5. The highest BCUT2D eigenvalue weighted by atomic mass is 16.5. The van der Waals surface area contributed by atoms with Crippen LogP contribution in [0.2, 0.25) is 0 Å². The van der Waals surface area contributed by atoms with Gasteiger partial charge >= 0.3 is 0 Å². The zero-order valence-corrected chi connectivity index (χ0v) is 15.9. The van der Waals surface area contributed by atoms with E-state index < -0.39 is 0 Å². The molecule has 5 heteroatoms. The van der Waals surface area contributed by atoms with Crippen LogP contribution >= 0.6 is 0 Å². The second kappa shape index (κ2) is 8.71. The van der Waals surface area contributed by atoms with Crippen molar-refractivity contribution in [3.05, 3.63) is 59.7 Å². The molecule has 27 heavy (non-hydrogen) atoms. The minimum atomic E-state index is -0.165. The molecule has 0 atom stereocenters. The van der Waals surface area contributed by atoms with E-state index in [-0.39, 0.29) is 18.4 Å². The molecule has 5 nitrogen and oxygen atoms in total. The summed E-state index contributed by atoms with van der Waals surface area (Å²) in [7, 11) is 0. The number of rotatable bonds is 7. The molecule has 1 aliphatic heterocycles. The van der Waals surface area contributed by atoms with E-state index in [0.29, 0.717) is 24.6 Å². The molecule has 2 aromatic rings. The predicted octanol–water partition coefficient (Wildman–Crippen LogP) is 3.63. The zero-order valence-electron chi connectivity index (χ0n) is 15.9. The van der Waals surface area contributed by atoms with Gasteiger partial charge < -0.3 is 15.0 Å². The van der Waals surface area contributed by atoms with E-state index in [2.05, 4.69) is 19.2 Å². The van der Waals surface area contributed by atoms with Gasteiger partial charge in [0.2, 0.25) is 5.91 Å². The molecule has 1 heterocycles. The number of nitrogens with one attached hydrogen (secondary N) is 1. The van der Waals surface area contributed by atoms with E-state index >= 15 is 0 Å². The maximum Gasteiger partial charge on any atom is 0.258 e. The third-order valence-corrected chi connectivity index (χ3v) is 4.73. The van der Waals surface area contributed by atoms with Gasteiger partial charge in [-0.05, 0) is 47.7 Å². The van der Waals surface area contributed by atoms with Crippen molar-refractivity contribution < 1.29 is 14.3 Å². The van der Waals surface area contributed by atoms with Crippen molar-refractivity contribution in [1.29, 1.82) is 0 Å². The first-order chi connectivity index (χ1) is 13.0. The van der Waals surface area contributed by atoms with E-state index in [4.69, 9.17) is 4.74 Å². The van der Waals surface area contributed by atoms with Crippen molar-refractivity contribution in [2.24, 2.45) is 0 Å². The fourth-order valence-corrected chi connectivity index (χ4v) is 3.06. The molecular weight excluding hydrogens is 340 g/mol. The first kappa shape index (κ1) is 19.0. The Bertz CT molecular complexity index is 782. The number of carbonyl (C=O) groups is 2. The van der Waals surface area contributed by atoms with Crippen LogP contribution in [0.3, 0.4) is 0 Å². The summed E-state index contributed by atoms with van der Waals surface area (Å²) < 4.78 is 5.53. The van der Waals surface area contributed by atoms with Crippen LogP contribution in [0.15, 0.2) is 48.5 Å². The maximum absolute atomic E-state index is 12.0. The second-order valence-corrected chi connectivity index (χ2v) is 7.10. The lowest BCUT2D eigenvalue weighted by Gasteiger charge is -2.16. The molecule has 2 amide bonds. The lowest BCUT2D eigenvalue weighted by atomic mass is 10.0. The number of carbonyl (C=O) groups excluding carboxylic acids is 2. The molecule has 0 aromatic heterocycles. The SMILES string of the molecule is CC(C)c1ccc(OCC(=O)NCc2ccc(N3CCCC3=O)cc2)cc1. The van der Waals surface area contributed by atoms with E-state index in [0.717, 1.165) is 24.2 Å². The molecule has 0 aliphatic carbocycles. The molecule has 0 saturated carbocycles. The molecule has 0 unspecified atom stereocenters. The van der Waals surface area contributed by atoms with Crippen LogP contribution < -0.4 is 15.0 Å². The van der Waals surface area contributed by atoms with Crippen molar-refractivity contribution in [2.45, 2.75) is 39.2 Å². The molecule has 1 N–H and O–H groups in total. The number of hydrogen-bond donors (Lipinski definition) is 1. The van der Waals surface area contributed by atoms with Crippen molar-refractivity contribution in [2.75, 3.05) is 18.1 Å². The summed E-state index contributed by atoms with van der Waals surface area (Å²) in [5.74, 6) is 1.17. The summed E-state index contributed by atoms with van der Waals surface area (Å²) in [4.78, 5) is 25.6. The van der Waals surface area contributed by atoms with Crippen LogP contribution in [0, 0.1) is 0 Å². The predicted molar refractivity (Wildman–Crippen MR) is 106 cm³/mol. The average molecular weight is 366 g/mol. The third kappa shape index (κ3) is 5.09. The van der Waals surface area contributed by atoms with Gasteiger partial charge in [-0.1, -0.05) is 38.1 Å². The van der Waals surface area contributed by atoms with Gasteiger partial charge in [0.05, 0.1) is 0 Å². The van der Waals surface area contributed by atoms with Gasteiger partial charge in [0.15, 0.2) is 6.61 Å². The number of benzene rings is 2. The van der Waals surface area contributed by atoms with Gasteiger partial charge in [0.1, 0.15) is 5.75 Å². The molecule has 3 rings (SSSR count). The van der Waals surface area contributed by atoms with Crippen LogP contribution in [0.1, 0.15) is 43.7 Å². The van der Waals surface area contributed by atoms with Crippen LogP contribution in [0.25, 0.3) is 0 Å². The quantitative estimate of drug-likeness (QED) is 0.814. The lowest BCUT2D eigenvalue weighted by Crippen LogP contribution is -2.28. The van der Waals surface area contributed by atoms with E-state index in [1.807, 2.05) is 48.5 Å². The monoisotopic (exact) mass is 366 g/mol. The van der Waals surface area contributed by atoms with Gasteiger partial charge in [-0.25, -0.2) is 0 Å². The van der Waals surface area contributed by atoms with Gasteiger partial charge in [0, 0.05) is 25.2 Å². The summed E-state index contributed by atoms with van der Waals surface area (Å²) in [5, 5.41) is 2.85. The highest BCUT2D eigenvalue weighted by molar-refractivity contribution is 5.95. The fraction of sp³-hybridized carbons (Fsp3) is 0.364. The Labute approximate surface area is 160 Å². The number of anilines is 1. The molecule has 0 bridgehead atoms. The molecule has 2 aromatic carbocycles. The maximum atomic E-state index is 12.0. The molecular formula is C22H26N2O3. The second-order valence-electron chi connectivity index (χ2n) is 7.10. The van der Waals surface area contributed by atoms with Gasteiger partial charge in [-0.2, -0.15) is 0 Å². The Balaban J connectivity index is 1.44. The molecule has 0 radical (unpaired) electrons. The number of ether oxygens (including phenoxy) is 1. The van der Waals surface area contributed by atoms with E-state index in [9.17, 15) is 9.59 Å². The normalized spacial score (nSPS) is 13.9. The summed E-state index contributed by atoms with van der Waals surface area (Å²) in [6.07, 6.45) is 1.54. The number of nitrogens with zero attached hydrogens (tertiary/aromatic N) is 1. The van der Waals surface area contributed by atoms with Gasteiger partial charge in [-0.15, -0.1) is 0 Å². The van der Waals surface area contributed by atoms with Crippen LogP contribution in [-0.2, 0) is 16.1 Å². The Kier molecular flexibility index (Phi) is 6.12. The van der Waals surface area contributed by atoms with Crippen molar-refractivity contribution >= 4 is 17.5 Å². The molecule has 1 saturated heterocycles.